The maximum absolute atomic E-state index is 13.8. The van der Waals surface area contributed by atoms with Crippen LogP contribution in [-0.4, -0.2) is 10.8 Å². The number of nitrogens with two attached hydrogens (primary N) is 1. The highest BCUT2D eigenvalue weighted by atomic mass is 19.1. The number of hydrogen-bond acceptors (Lipinski definition) is 2. The van der Waals surface area contributed by atoms with Crippen molar-refractivity contribution in [1.29, 1.82) is 5.41 Å². The van der Waals surface area contributed by atoms with Gasteiger partial charge in [0.2, 0.25) is 0 Å². The van der Waals surface area contributed by atoms with Crippen molar-refractivity contribution in [3.8, 4) is 5.69 Å². The van der Waals surface area contributed by atoms with E-state index in [0.29, 0.717) is 22.9 Å². The molecule has 1 aromatic heterocycles. The third kappa shape index (κ3) is 3.97. The quantitative estimate of drug-likeness (QED) is 0.211. The minimum absolute atomic E-state index is 0.225. The summed E-state index contributed by atoms with van der Waals surface area (Å²) in [5.74, 6) is 0.928. The van der Waals surface area contributed by atoms with Gasteiger partial charge >= 0.3 is 0 Å². The van der Waals surface area contributed by atoms with Crippen LogP contribution in [0.2, 0.25) is 0 Å². The molecule has 0 bridgehead atoms. The maximum atomic E-state index is 13.8. The van der Waals surface area contributed by atoms with Gasteiger partial charge in [-0.1, -0.05) is 31.9 Å². The summed E-state index contributed by atoms with van der Waals surface area (Å²) in [6, 6.07) is 11.0. The molecule has 0 amide bonds. The number of fused-ring (bicyclic) bond motifs is 1. The number of aryl methyl sites for hydroxylation is 1. The summed E-state index contributed by atoms with van der Waals surface area (Å²) in [5.41, 5.74) is 14.3. The molecule has 2 fully saturated rings. The molecular formula is C30H36FN3. The van der Waals surface area contributed by atoms with E-state index in [1.807, 2.05) is 18.2 Å². The molecule has 34 heavy (non-hydrogen) atoms. The van der Waals surface area contributed by atoms with Crippen LogP contribution in [0.25, 0.3) is 16.6 Å². The van der Waals surface area contributed by atoms with Crippen molar-refractivity contribution in [3.63, 3.8) is 0 Å². The van der Waals surface area contributed by atoms with E-state index in [2.05, 4.69) is 31.1 Å². The fraction of sp³-hybridized carbons (Fsp3) is 0.433. The summed E-state index contributed by atoms with van der Waals surface area (Å²) >= 11 is 0. The Morgan fingerprint density at radius 3 is 2.50 bits per heavy atom. The lowest BCUT2D eigenvalue weighted by atomic mass is 9.59. The number of allylic oxidation sites excluding steroid dienone is 1. The summed E-state index contributed by atoms with van der Waals surface area (Å²) in [4.78, 5) is 0. The van der Waals surface area contributed by atoms with Gasteiger partial charge in [0.05, 0.1) is 5.52 Å². The Balaban J connectivity index is 1.66. The van der Waals surface area contributed by atoms with E-state index in [1.54, 1.807) is 12.1 Å². The second-order valence-electron chi connectivity index (χ2n) is 11.1. The van der Waals surface area contributed by atoms with Crippen molar-refractivity contribution in [2.45, 2.75) is 71.1 Å². The van der Waals surface area contributed by atoms with E-state index < -0.39 is 0 Å². The average Bonchev–Trinajstić information content (AvgIpc) is 3.42. The van der Waals surface area contributed by atoms with Crippen LogP contribution in [0, 0.1) is 22.6 Å². The summed E-state index contributed by atoms with van der Waals surface area (Å²) < 4.78 is 16.2. The lowest BCUT2D eigenvalue weighted by Gasteiger charge is -2.46. The van der Waals surface area contributed by atoms with E-state index in [4.69, 9.17) is 11.1 Å². The van der Waals surface area contributed by atoms with Crippen LogP contribution in [0.1, 0.15) is 81.5 Å². The number of anilines is 1. The van der Waals surface area contributed by atoms with E-state index in [0.717, 1.165) is 29.6 Å². The van der Waals surface area contributed by atoms with Crippen LogP contribution in [0.5, 0.6) is 0 Å². The Bertz CT molecular complexity index is 1240. The van der Waals surface area contributed by atoms with Crippen molar-refractivity contribution < 1.29 is 4.39 Å². The first-order chi connectivity index (χ1) is 16.3. The summed E-state index contributed by atoms with van der Waals surface area (Å²) in [5, 5.41) is 9.06. The predicted octanol–water partition coefficient (Wildman–Crippen LogP) is 7.93. The highest BCUT2D eigenvalue weighted by Crippen LogP contribution is 2.52. The monoisotopic (exact) mass is 457 g/mol. The number of nitrogens with zero attached hydrogens (tertiary/aromatic N) is 1. The van der Waals surface area contributed by atoms with E-state index in [9.17, 15) is 4.39 Å². The lowest BCUT2D eigenvalue weighted by molar-refractivity contribution is 0.0887. The molecule has 0 unspecified atom stereocenters. The van der Waals surface area contributed by atoms with Gasteiger partial charge in [0.1, 0.15) is 5.82 Å². The first kappa shape index (κ1) is 22.9. The predicted molar refractivity (Wildman–Crippen MR) is 141 cm³/mol. The fourth-order valence-corrected chi connectivity index (χ4v) is 6.44. The van der Waals surface area contributed by atoms with Crippen LogP contribution in [0.4, 0.5) is 10.1 Å². The number of halogens is 1. The average molecular weight is 458 g/mol. The molecular weight excluding hydrogens is 421 g/mol. The van der Waals surface area contributed by atoms with Gasteiger partial charge in [0, 0.05) is 34.2 Å². The molecule has 0 spiro atoms. The molecule has 1 heterocycles. The van der Waals surface area contributed by atoms with E-state index >= 15 is 0 Å². The molecule has 2 aliphatic carbocycles. The molecule has 0 radical (unpaired) electrons. The topological polar surface area (TPSA) is 54.8 Å². The first-order valence-corrected chi connectivity index (χ1v) is 12.7. The molecule has 3 nitrogen and oxygen atoms in total. The second kappa shape index (κ2) is 8.72. The Kier molecular flexibility index (Phi) is 5.87. The molecule has 0 atom stereocenters. The minimum Gasteiger partial charge on any atom is -0.398 e. The van der Waals surface area contributed by atoms with Crippen molar-refractivity contribution in [1.82, 2.24) is 4.57 Å². The number of hydrogen-bond donors (Lipinski definition) is 2. The SMILES string of the molecule is C=C(C)C1CC(C)(CCc2c(C3CCCC3)n(-c3ccc(F)cc3)c3cc(C=N)c(N)cc23)C1. The zero-order chi connectivity index (χ0) is 24.0. The van der Waals surface area contributed by atoms with Gasteiger partial charge in [-0.25, -0.2) is 4.39 Å². The van der Waals surface area contributed by atoms with Crippen molar-refractivity contribution >= 4 is 22.8 Å². The normalized spacial score (nSPS) is 22.7. The van der Waals surface area contributed by atoms with Gasteiger partial charge in [-0.3, -0.25) is 0 Å². The Labute approximate surface area is 202 Å². The van der Waals surface area contributed by atoms with E-state index in [-0.39, 0.29) is 5.82 Å². The maximum Gasteiger partial charge on any atom is 0.123 e. The van der Waals surface area contributed by atoms with Gasteiger partial charge in [-0.2, -0.15) is 0 Å². The van der Waals surface area contributed by atoms with Gasteiger partial charge in [0.25, 0.3) is 0 Å². The summed E-state index contributed by atoms with van der Waals surface area (Å²) in [6.07, 6.45) is 10.8. The van der Waals surface area contributed by atoms with Crippen LogP contribution in [0.15, 0.2) is 48.6 Å². The fourth-order valence-electron chi connectivity index (χ4n) is 6.44. The van der Waals surface area contributed by atoms with Crippen LogP contribution in [-0.2, 0) is 6.42 Å². The second-order valence-corrected chi connectivity index (χ2v) is 11.1. The van der Waals surface area contributed by atoms with Gasteiger partial charge in [-0.05, 0) is 105 Å². The lowest BCUT2D eigenvalue weighted by Crippen LogP contribution is -2.35. The number of aromatic nitrogens is 1. The third-order valence-electron chi connectivity index (χ3n) is 8.45. The Hall–Kier alpha value is -2.88. The van der Waals surface area contributed by atoms with Gasteiger partial charge in [0.15, 0.2) is 0 Å². The van der Waals surface area contributed by atoms with Crippen molar-refractivity contribution in [2.75, 3.05) is 5.73 Å². The molecule has 2 aliphatic rings. The zero-order valence-corrected chi connectivity index (χ0v) is 20.5. The molecule has 0 saturated heterocycles. The number of nitrogen functional groups attached to an aromatic ring is 1. The number of benzene rings is 2. The van der Waals surface area contributed by atoms with Gasteiger partial charge in [-0.15, -0.1) is 0 Å². The molecule has 2 saturated carbocycles. The minimum atomic E-state index is -0.225. The van der Waals surface area contributed by atoms with Crippen LogP contribution >= 0.6 is 0 Å². The molecule has 3 aromatic rings. The van der Waals surface area contributed by atoms with Crippen molar-refractivity contribution in [2.24, 2.45) is 11.3 Å². The zero-order valence-electron chi connectivity index (χ0n) is 20.5. The molecule has 178 valence electrons. The standard InChI is InChI=1S/C30H36FN3/c1-19(2)22-16-30(3,17-22)13-12-25-26-15-27(33)21(18-32)14-28(26)34(24-10-8-23(31)9-11-24)29(25)20-6-4-5-7-20/h8-11,14-15,18,20,22,32H,1,4-7,12-13,16-17,33H2,2-3H3. The molecule has 5 rings (SSSR count). The molecule has 3 N–H and O–H groups in total. The Morgan fingerprint density at radius 2 is 1.88 bits per heavy atom. The molecule has 0 aliphatic heterocycles. The number of nitrogens with one attached hydrogen (secondary N) is 1. The number of rotatable bonds is 7. The molecule has 2 aromatic carbocycles. The smallest absolute Gasteiger partial charge is 0.123 e. The summed E-state index contributed by atoms with van der Waals surface area (Å²) in [6.45, 7) is 8.75. The van der Waals surface area contributed by atoms with Gasteiger partial charge < -0.3 is 15.7 Å². The third-order valence-corrected chi connectivity index (χ3v) is 8.45. The van der Waals surface area contributed by atoms with Crippen molar-refractivity contribution in [3.05, 3.63) is 71.2 Å². The van der Waals surface area contributed by atoms with Crippen LogP contribution < -0.4 is 5.73 Å². The first-order valence-electron chi connectivity index (χ1n) is 12.7. The highest BCUT2D eigenvalue weighted by molar-refractivity contribution is 5.97. The molecule has 4 heteroatoms. The summed E-state index contributed by atoms with van der Waals surface area (Å²) in [7, 11) is 0. The van der Waals surface area contributed by atoms with Crippen LogP contribution in [0.3, 0.4) is 0 Å². The Morgan fingerprint density at radius 1 is 1.21 bits per heavy atom. The largest absolute Gasteiger partial charge is 0.398 e. The highest BCUT2D eigenvalue weighted by Gasteiger charge is 2.40. The van der Waals surface area contributed by atoms with E-state index in [1.165, 1.54) is 67.0 Å².